The number of anilines is 2. The first-order valence-corrected chi connectivity index (χ1v) is 8.66. The fourth-order valence-electron chi connectivity index (χ4n) is 2.60. The third kappa shape index (κ3) is 3.51. The predicted octanol–water partition coefficient (Wildman–Crippen LogP) is 4.23. The van der Waals surface area contributed by atoms with Crippen molar-refractivity contribution in [3.05, 3.63) is 10.4 Å². The molecule has 1 aromatic heterocycles. The van der Waals surface area contributed by atoms with Crippen molar-refractivity contribution in [3.63, 3.8) is 0 Å². The number of nitrogens with two attached hydrogens (primary N) is 1. The second-order valence-electron chi connectivity index (χ2n) is 5.99. The van der Waals surface area contributed by atoms with Crippen LogP contribution >= 0.6 is 11.3 Å². The van der Waals surface area contributed by atoms with Crippen LogP contribution in [0.4, 0.5) is 10.7 Å². The first-order chi connectivity index (χ1) is 9.99. The molecule has 21 heavy (non-hydrogen) atoms. The van der Waals surface area contributed by atoms with E-state index in [1.165, 1.54) is 11.3 Å². The average Bonchev–Trinajstić information content (AvgIpc) is 3.20. The molecule has 1 atom stereocenters. The maximum atomic E-state index is 12.0. The Balaban J connectivity index is 2.31. The summed E-state index contributed by atoms with van der Waals surface area (Å²) in [6, 6.07) is 0.399. The van der Waals surface area contributed by atoms with Gasteiger partial charge in [0.05, 0.1) is 17.3 Å². The molecule has 0 saturated heterocycles. The summed E-state index contributed by atoms with van der Waals surface area (Å²) in [6.45, 7) is 8.79. The van der Waals surface area contributed by atoms with Crippen molar-refractivity contribution in [2.75, 3.05) is 17.7 Å². The quantitative estimate of drug-likeness (QED) is 0.740. The smallest absolute Gasteiger partial charge is 0.350 e. The topological polar surface area (TPSA) is 64.3 Å². The third-order valence-electron chi connectivity index (χ3n) is 3.99. The largest absolute Gasteiger partial charge is 0.462 e. The van der Waals surface area contributed by atoms with E-state index in [0.29, 0.717) is 35.0 Å². The SMILES string of the molecule is CCOC(=O)c1sc(NC(CC)C(C)C)c(C2CC2)c1N. The molecule has 0 amide bonds. The normalized spacial score (nSPS) is 16.0. The molecule has 2 rings (SSSR count). The minimum absolute atomic E-state index is 0.299. The Morgan fingerprint density at radius 2 is 2.10 bits per heavy atom. The zero-order valence-electron chi connectivity index (χ0n) is 13.4. The van der Waals surface area contributed by atoms with Gasteiger partial charge in [0.15, 0.2) is 0 Å². The predicted molar refractivity (Wildman–Crippen MR) is 89.2 cm³/mol. The van der Waals surface area contributed by atoms with E-state index in [2.05, 4.69) is 26.1 Å². The number of hydrogen-bond donors (Lipinski definition) is 2. The first kappa shape index (κ1) is 16.1. The molecule has 1 saturated carbocycles. The van der Waals surface area contributed by atoms with Crippen molar-refractivity contribution < 1.29 is 9.53 Å². The van der Waals surface area contributed by atoms with Crippen molar-refractivity contribution in [1.29, 1.82) is 0 Å². The minimum atomic E-state index is -0.299. The van der Waals surface area contributed by atoms with Crippen LogP contribution < -0.4 is 11.1 Å². The molecule has 1 heterocycles. The molecule has 1 aliphatic rings. The van der Waals surface area contributed by atoms with E-state index in [1.807, 2.05) is 6.92 Å². The molecule has 0 aromatic carbocycles. The molecule has 118 valence electrons. The molecule has 0 spiro atoms. The summed E-state index contributed by atoms with van der Waals surface area (Å²) >= 11 is 1.45. The molecular weight excluding hydrogens is 284 g/mol. The van der Waals surface area contributed by atoms with Gasteiger partial charge in [-0.05, 0) is 38.0 Å². The Bertz CT molecular complexity index is 507. The molecule has 1 unspecified atom stereocenters. The van der Waals surface area contributed by atoms with E-state index < -0.39 is 0 Å². The van der Waals surface area contributed by atoms with Gasteiger partial charge in [-0.3, -0.25) is 0 Å². The number of thiophene rings is 1. The second kappa shape index (κ2) is 6.69. The summed E-state index contributed by atoms with van der Waals surface area (Å²) in [5.74, 6) is 0.751. The molecule has 5 heteroatoms. The van der Waals surface area contributed by atoms with E-state index in [-0.39, 0.29) is 5.97 Å². The van der Waals surface area contributed by atoms with E-state index in [0.717, 1.165) is 29.8 Å². The molecule has 0 bridgehead atoms. The number of nitrogen functional groups attached to an aromatic ring is 1. The summed E-state index contributed by atoms with van der Waals surface area (Å²) in [4.78, 5) is 12.6. The summed E-state index contributed by atoms with van der Waals surface area (Å²) in [5, 5.41) is 4.68. The van der Waals surface area contributed by atoms with E-state index in [9.17, 15) is 4.79 Å². The van der Waals surface area contributed by atoms with Gasteiger partial charge in [0.2, 0.25) is 0 Å². The van der Waals surface area contributed by atoms with Gasteiger partial charge in [0.25, 0.3) is 0 Å². The van der Waals surface area contributed by atoms with Gasteiger partial charge < -0.3 is 15.8 Å². The minimum Gasteiger partial charge on any atom is -0.462 e. The van der Waals surface area contributed by atoms with Crippen molar-refractivity contribution in [1.82, 2.24) is 0 Å². The summed E-state index contributed by atoms with van der Waals surface area (Å²) in [6.07, 6.45) is 3.38. The fraction of sp³-hybridized carbons (Fsp3) is 0.688. The van der Waals surface area contributed by atoms with E-state index in [1.54, 1.807) is 0 Å². The molecule has 0 aliphatic heterocycles. The Kier molecular flexibility index (Phi) is 5.14. The Morgan fingerprint density at radius 3 is 2.57 bits per heavy atom. The summed E-state index contributed by atoms with van der Waals surface area (Å²) in [7, 11) is 0. The van der Waals surface area contributed by atoms with Crippen LogP contribution in [0, 0.1) is 5.92 Å². The number of ether oxygens (including phenoxy) is 1. The standard InChI is InChI=1S/C16H26N2O2S/c1-5-11(9(3)4)18-15-12(10-7-8-10)13(17)14(21-15)16(19)20-6-2/h9-11,18H,5-8,17H2,1-4H3. The number of nitrogens with one attached hydrogen (secondary N) is 1. The molecule has 3 N–H and O–H groups in total. The van der Waals surface area contributed by atoms with Gasteiger partial charge in [0.1, 0.15) is 4.88 Å². The lowest BCUT2D eigenvalue weighted by Crippen LogP contribution is -2.24. The van der Waals surface area contributed by atoms with Crippen LogP contribution in [0.15, 0.2) is 0 Å². The third-order valence-corrected chi connectivity index (χ3v) is 5.12. The van der Waals surface area contributed by atoms with Crippen molar-refractivity contribution in [3.8, 4) is 0 Å². The fourth-order valence-corrected chi connectivity index (χ4v) is 3.76. The highest BCUT2D eigenvalue weighted by Crippen LogP contribution is 2.51. The molecule has 1 aromatic rings. The van der Waals surface area contributed by atoms with Crippen molar-refractivity contribution in [2.24, 2.45) is 5.92 Å². The zero-order chi connectivity index (χ0) is 15.6. The number of rotatable bonds is 7. The van der Waals surface area contributed by atoms with Crippen molar-refractivity contribution in [2.45, 2.75) is 58.9 Å². The first-order valence-electron chi connectivity index (χ1n) is 7.85. The average molecular weight is 310 g/mol. The Hall–Kier alpha value is -1.23. The van der Waals surface area contributed by atoms with E-state index in [4.69, 9.17) is 10.5 Å². The maximum Gasteiger partial charge on any atom is 0.350 e. The highest BCUT2D eigenvalue weighted by atomic mass is 32.1. The van der Waals surface area contributed by atoms with E-state index >= 15 is 0 Å². The van der Waals surface area contributed by atoms with Crippen LogP contribution in [0.3, 0.4) is 0 Å². The monoisotopic (exact) mass is 310 g/mol. The highest BCUT2D eigenvalue weighted by Gasteiger charge is 2.34. The number of carbonyl (C=O) groups is 1. The van der Waals surface area contributed by atoms with Crippen LogP contribution in [0.25, 0.3) is 0 Å². The number of carbonyl (C=O) groups excluding carboxylic acids is 1. The van der Waals surface area contributed by atoms with Gasteiger partial charge >= 0.3 is 5.97 Å². The summed E-state index contributed by atoms with van der Waals surface area (Å²) in [5.41, 5.74) is 8.01. The maximum absolute atomic E-state index is 12.0. The van der Waals surface area contributed by atoms with Gasteiger partial charge in [0, 0.05) is 11.6 Å². The number of esters is 1. The van der Waals surface area contributed by atoms with Crippen LogP contribution in [0.1, 0.15) is 68.1 Å². The van der Waals surface area contributed by atoms with Gasteiger partial charge in [-0.25, -0.2) is 4.79 Å². The second-order valence-corrected chi connectivity index (χ2v) is 7.01. The Morgan fingerprint density at radius 1 is 1.43 bits per heavy atom. The molecule has 1 aliphatic carbocycles. The van der Waals surface area contributed by atoms with Gasteiger partial charge in [-0.15, -0.1) is 11.3 Å². The summed E-state index contributed by atoms with van der Waals surface area (Å²) < 4.78 is 5.12. The lowest BCUT2D eigenvalue weighted by Gasteiger charge is -2.22. The number of hydrogen-bond acceptors (Lipinski definition) is 5. The van der Waals surface area contributed by atoms with Gasteiger partial charge in [-0.1, -0.05) is 20.8 Å². The van der Waals surface area contributed by atoms with Crippen LogP contribution in [-0.2, 0) is 4.74 Å². The van der Waals surface area contributed by atoms with Crippen LogP contribution in [-0.4, -0.2) is 18.6 Å². The van der Waals surface area contributed by atoms with Gasteiger partial charge in [-0.2, -0.15) is 0 Å². The lowest BCUT2D eigenvalue weighted by molar-refractivity contribution is 0.0533. The molecule has 0 radical (unpaired) electrons. The van der Waals surface area contributed by atoms with Crippen LogP contribution in [0.2, 0.25) is 0 Å². The van der Waals surface area contributed by atoms with Crippen LogP contribution in [0.5, 0.6) is 0 Å². The molecule has 4 nitrogen and oxygen atoms in total. The molecular formula is C16H26N2O2S. The highest BCUT2D eigenvalue weighted by molar-refractivity contribution is 7.18. The van der Waals surface area contributed by atoms with Crippen molar-refractivity contribution >= 4 is 28.0 Å². The zero-order valence-corrected chi connectivity index (χ0v) is 14.2. The lowest BCUT2D eigenvalue weighted by atomic mass is 10.0. The molecule has 1 fully saturated rings. The Labute approximate surface area is 131 Å².